The van der Waals surface area contributed by atoms with E-state index in [9.17, 15) is 0 Å². The number of nitrogens with zero attached hydrogens (tertiary/aromatic N) is 3. The van der Waals surface area contributed by atoms with Crippen molar-refractivity contribution < 1.29 is 9.15 Å². The summed E-state index contributed by atoms with van der Waals surface area (Å²) in [7, 11) is 0. The number of hydrogen-bond acceptors (Lipinski definition) is 5. The van der Waals surface area contributed by atoms with Crippen LogP contribution in [0.15, 0.2) is 180 Å². The van der Waals surface area contributed by atoms with E-state index < -0.39 is 0 Å². The van der Waals surface area contributed by atoms with Crippen molar-refractivity contribution in [3.8, 4) is 39.7 Å². The largest absolute Gasteiger partial charge is 0.484 e. The smallest absolute Gasteiger partial charge is 0.164 e. The number of aromatic nitrogens is 3. The van der Waals surface area contributed by atoms with Gasteiger partial charge in [0.1, 0.15) is 23.0 Å². The van der Waals surface area contributed by atoms with Crippen LogP contribution >= 0.6 is 0 Å². The molecule has 1 aliphatic heterocycles. The first kappa shape index (κ1) is 31.0. The number of hydrogen-bond donors (Lipinski definition) is 0. The van der Waals surface area contributed by atoms with Crippen molar-refractivity contribution in [3.63, 3.8) is 0 Å². The SMILES string of the molecule is C1=CC2Oc3c(-c4cc5c6ccccc6oc5c5ccccc45)cccc3C2C(c2nc(-c3ccccc3)nc(-c3cc4ccccc4c4ccccc34)n2)=C1. The lowest BCUT2D eigenvalue weighted by Gasteiger charge is -2.22. The predicted molar refractivity (Wildman–Crippen MR) is 227 cm³/mol. The van der Waals surface area contributed by atoms with Gasteiger partial charge in [0.25, 0.3) is 0 Å². The van der Waals surface area contributed by atoms with E-state index in [1.54, 1.807) is 0 Å². The van der Waals surface area contributed by atoms with Gasteiger partial charge in [-0.15, -0.1) is 0 Å². The summed E-state index contributed by atoms with van der Waals surface area (Å²) >= 11 is 0. The van der Waals surface area contributed by atoms with Gasteiger partial charge in [-0.25, -0.2) is 15.0 Å². The molecule has 3 heterocycles. The Hall–Kier alpha value is -7.37. The Morgan fingerprint density at radius 2 is 1.14 bits per heavy atom. The molecule has 1 aliphatic carbocycles. The Bertz CT molecular complexity index is 3310. The second-order valence-corrected chi connectivity index (χ2v) is 14.6. The van der Waals surface area contributed by atoms with E-state index in [4.69, 9.17) is 24.1 Å². The summed E-state index contributed by atoms with van der Waals surface area (Å²) in [5.41, 5.74) is 7.98. The number of allylic oxidation sites excluding steroid dienone is 2. The molecule has 5 nitrogen and oxygen atoms in total. The third-order valence-electron chi connectivity index (χ3n) is 11.5. The first-order chi connectivity index (χ1) is 27.8. The summed E-state index contributed by atoms with van der Waals surface area (Å²) in [4.78, 5) is 15.7. The second kappa shape index (κ2) is 12.1. The van der Waals surface area contributed by atoms with Gasteiger partial charge in [0.15, 0.2) is 17.5 Å². The first-order valence-electron chi connectivity index (χ1n) is 19.0. The highest BCUT2D eigenvalue weighted by Gasteiger charge is 2.40. The normalized spacial score (nSPS) is 16.0. The van der Waals surface area contributed by atoms with Gasteiger partial charge in [0, 0.05) is 44.0 Å². The maximum absolute atomic E-state index is 6.99. The Kier molecular flexibility index (Phi) is 6.69. The Morgan fingerprint density at radius 3 is 2.00 bits per heavy atom. The Morgan fingerprint density at radius 1 is 0.464 bits per heavy atom. The molecule has 262 valence electrons. The lowest BCUT2D eigenvalue weighted by molar-refractivity contribution is 0.272. The van der Waals surface area contributed by atoms with Crippen molar-refractivity contribution in [2.45, 2.75) is 12.0 Å². The Labute approximate surface area is 321 Å². The molecular formula is C51H31N3O2. The molecule has 10 aromatic rings. The molecule has 56 heavy (non-hydrogen) atoms. The molecule has 8 aromatic carbocycles. The maximum Gasteiger partial charge on any atom is 0.164 e. The van der Waals surface area contributed by atoms with Gasteiger partial charge in [-0.2, -0.15) is 0 Å². The number of para-hydroxylation sites is 2. The monoisotopic (exact) mass is 717 g/mol. The summed E-state index contributed by atoms with van der Waals surface area (Å²) in [6.45, 7) is 0. The van der Waals surface area contributed by atoms with Gasteiger partial charge < -0.3 is 9.15 Å². The standard InChI is InChI=1S/C51H31N3O2/c1-2-14-30(15-3-1)49-52-50(54-51(53-49)43-28-31-16-4-5-17-32(31)33-18-6-7-19-34(33)43)40-25-13-27-45-46(40)39-24-12-23-38(47(39)56-45)41-29-42-36-21-10-11-26-44(36)55-48(42)37-22-9-8-20-35(37)41/h1-29,45-46H. The van der Waals surface area contributed by atoms with Gasteiger partial charge in [0.2, 0.25) is 0 Å². The van der Waals surface area contributed by atoms with Crippen LogP contribution in [0.4, 0.5) is 0 Å². The van der Waals surface area contributed by atoms with Crippen LogP contribution in [-0.2, 0) is 0 Å². The number of ether oxygens (including phenoxy) is 1. The molecule has 2 atom stereocenters. The molecule has 0 N–H and O–H groups in total. The molecule has 2 aromatic heterocycles. The highest BCUT2D eigenvalue weighted by Crippen LogP contribution is 2.52. The topological polar surface area (TPSA) is 61.0 Å². The van der Waals surface area contributed by atoms with Crippen LogP contribution in [0.3, 0.4) is 0 Å². The quantitative estimate of drug-likeness (QED) is 0.170. The van der Waals surface area contributed by atoms with Gasteiger partial charge >= 0.3 is 0 Å². The average molecular weight is 718 g/mol. The highest BCUT2D eigenvalue weighted by molar-refractivity contribution is 6.19. The minimum atomic E-state index is -0.224. The average Bonchev–Trinajstić information content (AvgIpc) is 3.85. The van der Waals surface area contributed by atoms with Crippen LogP contribution in [0.5, 0.6) is 5.75 Å². The highest BCUT2D eigenvalue weighted by atomic mass is 16.5. The summed E-state index contributed by atoms with van der Waals surface area (Å²) in [5.74, 6) is 2.68. The molecule has 0 saturated heterocycles. The summed E-state index contributed by atoms with van der Waals surface area (Å²) in [5, 5.41) is 9.01. The van der Waals surface area contributed by atoms with Crippen LogP contribution < -0.4 is 4.74 Å². The van der Waals surface area contributed by atoms with Gasteiger partial charge in [0.05, 0.1) is 5.92 Å². The van der Waals surface area contributed by atoms with E-state index in [1.165, 1.54) is 10.8 Å². The molecule has 0 bridgehead atoms. The number of rotatable bonds is 4. The maximum atomic E-state index is 6.99. The van der Waals surface area contributed by atoms with Crippen LogP contribution in [-0.4, -0.2) is 21.1 Å². The van der Waals surface area contributed by atoms with Crippen molar-refractivity contribution in [1.82, 2.24) is 15.0 Å². The van der Waals surface area contributed by atoms with Crippen LogP contribution in [0, 0.1) is 0 Å². The minimum absolute atomic E-state index is 0.119. The molecule has 0 fully saturated rings. The van der Waals surface area contributed by atoms with Crippen molar-refractivity contribution >= 4 is 59.8 Å². The van der Waals surface area contributed by atoms with Crippen LogP contribution in [0.25, 0.3) is 93.7 Å². The zero-order chi connectivity index (χ0) is 36.7. The minimum Gasteiger partial charge on any atom is -0.484 e. The van der Waals surface area contributed by atoms with Crippen molar-refractivity contribution in [1.29, 1.82) is 0 Å². The van der Waals surface area contributed by atoms with Crippen molar-refractivity contribution in [2.24, 2.45) is 0 Å². The fourth-order valence-electron chi connectivity index (χ4n) is 8.96. The van der Waals surface area contributed by atoms with E-state index in [0.29, 0.717) is 17.5 Å². The molecular weight excluding hydrogens is 687 g/mol. The molecule has 2 aliphatic rings. The fraction of sp³-hybridized carbons (Fsp3) is 0.0392. The van der Waals surface area contributed by atoms with Crippen molar-refractivity contribution in [3.05, 3.63) is 187 Å². The lowest BCUT2D eigenvalue weighted by Crippen LogP contribution is -2.20. The second-order valence-electron chi connectivity index (χ2n) is 14.6. The first-order valence-corrected chi connectivity index (χ1v) is 19.0. The molecule has 2 unspecified atom stereocenters. The molecule has 0 saturated carbocycles. The van der Waals surface area contributed by atoms with Crippen molar-refractivity contribution in [2.75, 3.05) is 0 Å². The fourth-order valence-corrected chi connectivity index (χ4v) is 8.96. The van der Waals surface area contributed by atoms with E-state index >= 15 is 0 Å². The zero-order valence-electron chi connectivity index (χ0n) is 30.1. The van der Waals surface area contributed by atoms with E-state index in [-0.39, 0.29) is 12.0 Å². The lowest BCUT2D eigenvalue weighted by atomic mass is 9.83. The van der Waals surface area contributed by atoms with Gasteiger partial charge in [-0.1, -0.05) is 152 Å². The number of furan rings is 1. The third-order valence-corrected chi connectivity index (χ3v) is 11.5. The molecule has 5 heteroatoms. The summed E-state index contributed by atoms with van der Waals surface area (Å²) in [6, 6.07) is 55.0. The van der Waals surface area contributed by atoms with Gasteiger partial charge in [-0.05, 0) is 56.8 Å². The number of fused-ring (bicyclic) bond motifs is 11. The summed E-state index contributed by atoms with van der Waals surface area (Å²) < 4.78 is 13.4. The predicted octanol–water partition coefficient (Wildman–Crippen LogP) is 12.7. The van der Waals surface area contributed by atoms with Gasteiger partial charge in [-0.3, -0.25) is 0 Å². The molecule has 12 rings (SSSR count). The van der Waals surface area contributed by atoms with E-state index in [1.807, 2.05) is 30.3 Å². The zero-order valence-corrected chi connectivity index (χ0v) is 30.1. The van der Waals surface area contributed by atoms with Crippen LogP contribution in [0.2, 0.25) is 0 Å². The molecule has 0 radical (unpaired) electrons. The van der Waals surface area contributed by atoms with E-state index in [0.717, 1.165) is 82.6 Å². The third kappa shape index (κ3) is 4.64. The summed E-state index contributed by atoms with van der Waals surface area (Å²) in [6.07, 6.45) is 6.16. The van der Waals surface area contributed by atoms with E-state index in [2.05, 4.69) is 146 Å². The van der Waals surface area contributed by atoms with Crippen LogP contribution in [0.1, 0.15) is 17.3 Å². The molecule has 0 amide bonds. The number of benzene rings is 8. The molecule has 0 spiro atoms. The Balaban J connectivity index is 1.05.